The average Bonchev–Trinajstić information content (AvgIpc) is 3.41. The van der Waals surface area contributed by atoms with E-state index in [1.165, 1.54) is 6.40 Å². The standard InChI is InChI=1S/C24H20N4O3S/c25-22(29)21-13-17-14-28(21)9-8-26-15-30-10-3-1-2-4-16-5-6-18-19-7-11-32-24(19)27-23(31-17)20(18)12-16/h1-9,11-13,15,17H,10,14H2,(H2,25,29)/b3-1+,4-2+,9-8+,26-15+. The van der Waals surface area contributed by atoms with Crippen LogP contribution in [0, 0.1) is 0 Å². The summed E-state index contributed by atoms with van der Waals surface area (Å²) in [5, 5.41) is 5.11. The number of pyridine rings is 1. The molecule has 0 saturated heterocycles. The van der Waals surface area contributed by atoms with Crippen molar-refractivity contribution in [2.24, 2.45) is 10.7 Å². The summed E-state index contributed by atoms with van der Waals surface area (Å²) in [4.78, 5) is 23.4. The number of thiophene rings is 1. The maximum Gasteiger partial charge on any atom is 0.265 e. The van der Waals surface area contributed by atoms with Gasteiger partial charge in [-0.3, -0.25) is 4.79 Å². The number of carbonyl (C=O) groups is 1. The molecule has 5 rings (SSSR count). The van der Waals surface area contributed by atoms with E-state index in [-0.39, 0.29) is 0 Å². The Morgan fingerprint density at radius 1 is 1.19 bits per heavy atom. The Morgan fingerprint density at radius 3 is 3.03 bits per heavy atom. The number of rotatable bonds is 1. The summed E-state index contributed by atoms with van der Waals surface area (Å²) < 4.78 is 11.6. The number of nitrogens with two attached hydrogens (primary N) is 1. The van der Waals surface area contributed by atoms with Gasteiger partial charge in [-0.15, -0.1) is 11.3 Å². The quantitative estimate of drug-likeness (QED) is 0.613. The van der Waals surface area contributed by atoms with Gasteiger partial charge in [0, 0.05) is 23.2 Å². The molecule has 3 aromatic rings. The average molecular weight is 445 g/mol. The van der Waals surface area contributed by atoms with Crippen molar-refractivity contribution in [3.63, 3.8) is 0 Å². The van der Waals surface area contributed by atoms with Crippen LogP contribution in [0.5, 0.6) is 5.88 Å². The second kappa shape index (κ2) is 8.68. The number of amides is 1. The molecule has 2 aromatic heterocycles. The molecule has 8 heteroatoms. The number of carbonyl (C=O) groups excluding carboxylic acids is 1. The molecule has 160 valence electrons. The molecule has 1 unspecified atom stereocenters. The number of allylic oxidation sites excluding steroid dienone is 2. The molecule has 0 saturated carbocycles. The van der Waals surface area contributed by atoms with E-state index in [4.69, 9.17) is 20.2 Å². The van der Waals surface area contributed by atoms with E-state index < -0.39 is 12.0 Å². The van der Waals surface area contributed by atoms with Gasteiger partial charge in [0.05, 0.1) is 6.54 Å². The van der Waals surface area contributed by atoms with Crippen molar-refractivity contribution in [3.05, 3.63) is 77.6 Å². The van der Waals surface area contributed by atoms with E-state index in [0.717, 1.165) is 26.6 Å². The number of aliphatic imine (C=N–C) groups is 1. The van der Waals surface area contributed by atoms with Crippen LogP contribution < -0.4 is 10.5 Å². The van der Waals surface area contributed by atoms with E-state index in [1.54, 1.807) is 34.7 Å². The number of primary amides is 1. The number of ether oxygens (including phenoxy) is 2. The van der Waals surface area contributed by atoms with E-state index >= 15 is 0 Å². The third-order valence-electron chi connectivity index (χ3n) is 5.15. The van der Waals surface area contributed by atoms with Crippen molar-refractivity contribution in [2.75, 3.05) is 13.2 Å². The van der Waals surface area contributed by atoms with Gasteiger partial charge in [-0.25, -0.2) is 9.98 Å². The smallest absolute Gasteiger partial charge is 0.265 e. The molecule has 7 nitrogen and oxygen atoms in total. The van der Waals surface area contributed by atoms with Crippen molar-refractivity contribution in [3.8, 4) is 5.88 Å². The zero-order valence-electron chi connectivity index (χ0n) is 17.0. The monoisotopic (exact) mass is 444 g/mol. The molecule has 0 aliphatic carbocycles. The maximum absolute atomic E-state index is 12.0. The van der Waals surface area contributed by atoms with E-state index in [9.17, 15) is 4.79 Å². The Bertz CT molecular complexity index is 1340. The van der Waals surface area contributed by atoms with Gasteiger partial charge >= 0.3 is 0 Å². The molecule has 2 N–H and O–H groups in total. The van der Waals surface area contributed by atoms with E-state index in [2.05, 4.69) is 29.3 Å². The van der Waals surface area contributed by atoms with Crippen molar-refractivity contribution < 1.29 is 14.3 Å². The van der Waals surface area contributed by atoms with Crippen LogP contribution in [0.25, 0.3) is 27.1 Å². The summed E-state index contributed by atoms with van der Waals surface area (Å²) in [5.74, 6) is 0.000127. The minimum Gasteiger partial charge on any atom is -0.479 e. The lowest BCUT2D eigenvalue weighted by Gasteiger charge is -2.17. The molecule has 0 fully saturated rings. The predicted octanol–water partition coefficient (Wildman–Crippen LogP) is 3.98. The van der Waals surface area contributed by atoms with Gasteiger partial charge in [0.15, 0.2) is 6.40 Å². The number of hydrogen-bond acceptors (Lipinski definition) is 7. The van der Waals surface area contributed by atoms with Gasteiger partial charge < -0.3 is 20.1 Å². The molecule has 2 aliphatic heterocycles. The Morgan fingerprint density at radius 2 is 2.12 bits per heavy atom. The number of fused-ring (bicyclic) bond motifs is 5. The molecule has 0 spiro atoms. The Kier molecular flexibility index (Phi) is 5.43. The normalized spacial score (nSPS) is 22.4. The zero-order chi connectivity index (χ0) is 21.9. The second-order valence-electron chi connectivity index (χ2n) is 7.26. The van der Waals surface area contributed by atoms with Crippen molar-refractivity contribution >= 4 is 50.7 Å². The number of hydrogen-bond donors (Lipinski definition) is 1. The van der Waals surface area contributed by atoms with Crippen LogP contribution in [-0.4, -0.2) is 41.4 Å². The summed E-state index contributed by atoms with van der Waals surface area (Å²) in [6, 6.07) is 8.30. The van der Waals surface area contributed by atoms with Gasteiger partial charge in [-0.05, 0) is 40.6 Å². The molecule has 1 amide bonds. The molecule has 0 radical (unpaired) electrons. The van der Waals surface area contributed by atoms with Crippen LogP contribution in [0.1, 0.15) is 5.56 Å². The van der Waals surface area contributed by atoms with Crippen LogP contribution >= 0.6 is 11.3 Å². The first kappa shape index (κ1) is 20.0. The first-order chi connectivity index (χ1) is 15.7. The van der Waals surface area contributed by atoms with Crippen LogP contribution in [-0.2, 0) is 9.53 Å². The van der Waals surface area contributed by atoms with Gasteiger partial charge in [-0.2, -0.15) is 0 Å². The third-order valence-corrected chi connectivity index (χ3v) is 5.96. The zero-order valence-corrected chi connectivity index (χ0v) is 17.9. The molecule has 4 heterocycles. The summed E-state index contributed by atoms with van der Waals surface area (Å²) >= 11 is 1.57. The van der Waals surface area contributed by atoms with Crippen LogP contribution in [0.15, 0.2) is 77.0 Å². The highest BCUT2D eigenvalue weighted by atomic mass is 32.1. The van der Waals surface area contributed by atoms with Gasteiger partial charge in [-0.1, -0.05) is 30.4 Å². The fourth-order valence-electron chi connectivity index (χ4n) is 3.71. The highest BCUT2D eigenvalue weighted by Crippen LogP contribution is 2.35. The minimum atomic E-state index is -0.532. The van der Waals surface area contributed by atoms with E-state index in [1.807, 2.05) is 29.7 Å². The van der Waals surface area contributed by atoms with Crippen molar-refractivity contribution in [2.45, 2.75) is 6.10 Å². The highest BCUT2D eigenvalue weighted by molar-refractivity contribution is 7.16. The summed E-state index contributed by atoms with van der Waals surface area (Å²) in [6.45, 7) is 0.814. The Labute approximate surface area is 188 Å². The molecule has 4 bridgehead atoms. The number of nitrogens with zero attached hydrogens (tertiary/aromatic N) is 3. The molecule has 2 aliphatic rings. The SMILES string of the molecule is NC(=O)C1=CC2CN1/C=C/N=C/OC/C=C/C=C/c1ccc3c(c1)c(nc1sccc13)O2. The van der Waals surface area contributed by atoms with Crippen LogP contribution in [0.3, 0.4) is 0 Å². The van der Waals surface area contributed by atoms with Gasteiger partial charge in [0.1, 0.15) is 23.2 Å². The van der Waals surface area contributed by atoms with Crippen LogP contribution in [0.2, 0.25) is 0 Å². The molecule has 32 heavy (non-hydrogen) atoms. The minimum absolute atomic E-state index is 0.355. The fourth-order valence-corrected chi connectivity index (χ4v) is 4.48. The van der Waals surface area contributed by atoms with Gasteiger partial charge in [0.25, 0.3) is 5.91 Å². The third kappa shape index (κ3) is 4.00. The second-order valence-corrected chi connectivity index (χ2v) is 8.15. The first-order valence-electron chi connectivity index (χ1n) is 10.1. The predicted molar refractivity (Wildman–Crippen MR) is 127 cm³/mol. The summed E-state index contributed by atoms with van der Waals surface area (Å²) in [6.07, 6.45) is 13.7. The lowest BCUT2D eigenvalue weighted by molar-refractivity contribution is -0.115. The summed E-state index contributed by atoms with van der Waals surface area (Å²) in [5.41, 5.74) is 6.96. The van der Waals surface area contributed by atoms with Gasteiger partial charge in [0.2, 0.25) is 5.88 Å². The maximum atomic E-state index is 12.0. The van der Waals surface area contributed by atoms with E-state index in [0.29, 0.717) is 24.7 Å². The largest absolute Gasteiger partial charge is 0.479 e. The van der Waals surface area contributed by atoms with Crippen LogP contribution in [0.4, 0.5) is 0 Å². The Hall–Kier alpha value is -3.91. The first-order valence-corrected chi connectivity index (χ1v) is 11.0. The molecule has 1 atom stereocenters. The molecular formula is C24H20N4O3S. The summed E-state index contributed by atoms with van der Waals surface area (Å²) in [7, 11) is 0. The lowest BCUT2D eigenvalue weighted by atomic mass is 10.1. The lowest BCUT2D eigenvalue weighted by Crippen LogP contribution is -2.27. The fraction of sp³-hybridized carbons (Fsp3) is 0.125. The van der Waals surface area contributed by atoms with Crippen molar-refractivity contribution in [1.29, 1.82) is 0 Å². The number of benzene rings is 1. The topological polar surface area (TPSA) is 90.0 Å². The van der Waals surface area contributed by atoms with Crippen molar-refractivity contribution in [1.82, 2.24) is 9.88 Å². The molecule has 1 aromatic carbocycles. The molecular weight excluding hydrogens is 424 g/mol. The number of aromatic nitrogens is 1. The highest BCUT2D eigenvalue weighted by Gasteiger charge is 2.27. The Balaban J connectivity index is 1.61.